The quantitative estimate of drug-likeness (QED) is 0.863. The Hall–Kier alpha value is -1.83. The van der Waals surface area contributed by atoms with E-state index in [9.17, 15) is 4.79 Å². The largest absolute Gasteiger partial charge is 0.349 e. The first-order valence-electron chi connectivity index (χ1n) is 6.68. The number of rotatable bonds is 2. The second kappa shape index (κ2) is 5.04. The van der Waals surface area contributed by atoms with Crippen molar-refractivity contribution < 1.29 is 4.79 Å². The number of hydrogen-bond acceptors (Lipinski definition) is 1. The molecule has 0 aromatic heterocycles. The number of fused-ring (bicyclic) bond motifs is 1. The van der Waals surface area contributed by atoms with Crippen LogP contribution in [-0.2, 0) is 0 Å². The van der Waals surface area contributed by atoms with E-state index in [1.165, 1.54) is 0 Å². The Bertz CT molecular complexity index is 590. The van der Waals surface area contributed by atoms with E-state index in [2.05, 4.69) is 26.1 Å². The van der Waals surface area contributed by atoms with Gasteiger partial charge in [-0.1, -0.05) is 57.2 Å². The van der Waals surface area contributed by atoms with Crippen molar-refractivity contribution in [2.75, 3.05) is 0 Å². The van der Waals surface area contributed by atoms with Gasteiger partial charge in [0, 0.05) is 11.6 Å². The first-order valence-corrected chi connectivity index (χ1v) is 6.68. The molecule has 1 atom stereocenters. The van der Waals surface area contributed by atoms with E-state index < -0.39 is 0 Å². The van der Waals surface area contributed by atoms with Crippen LogP contribution in [0.4, 0.5) is 0 Å². The van der Waals surface area contributed by atoms with Crippen molar-refractivity contribution in [3.05, 3.63) is 48.0 Å². The van der Waals surface area contributed by atoms with E-state index in [4.69, 9.17) is 0 Å². The predicted octanol–water partition coefficient (Wildman–Crippen LogP) is 4.00. The van der Waals surface area contributed by atoms with Crippen molar-refractivity contribution in [2.24, 2.45) is 5.41 Å². The molecule has 0 fully saturated rings. The highest BCUT2D eigenvalue weighted by atomic mass is 16.1. The molecule has 2 aromatic rings. The summed E-state index contributed by atoms with van der Waals surface area (Å²) in [5, 5.41) is 5.19. The van der Waals surface area contributed by atoms with Crippen LogP contribution in [0, 0.1) is 5.41 Å². The summed E-state index contributed by atoms with van der Waals surface area (Å²) in [5.74, 6) is -0.000718. The van der Waals surface area contributed by atoms with Crippen LogP contribution in [0.5, 0.6) is 0 Å². The molecule has 0 aliphatic heterocycles. The maximum absolute atomic E-state index is 12.4. The van der Waals surface area contributed by atoms with Gasteiger partial charge in [-0.3, -0.25) is 4.79 Å². The zero-order chi connectivity index (χ0) is 14.0. The Morgan fingerprint density at radius 3 is 2.37 bits per heavy atom. The molecule has 100 valence electrons. The zero-order valence-electron chi connectivity index (χ0n) is 12.0. The van der Waals surface area contributed by atoms with Crippen molar-refractivity contribution >= 4 is 16.7 Å². The number of nitrogens with one attached hydrogen (secondary N) is 1. The Kier molecular flexibility index (Phi) is 3.61. The molecule has 0 saturated heterocycles. The summed E-state index contributed by atoms with van der Waals surface area (Å²) in [6.07, 6.45) is 0. The molecule has 1 amide bonds. The van der Waals surface area contributed by atoms with Crippen molar-refractivity contribution in [3.8, 4) is 0 Å². The molecule has 2 nitrogen and oxygen atoms in total. The Morgan fingerprint density at radius 2 is 1.68 bits per heavy atom. The lowest BCUT2D eigenvalue weighted by Gasteiger charge is -2.28. The number of carbonyl (C=O) groups excluding carboxylic acids is 1. The topological polar surface area (TPSA) is 29.1 Å². The van der Waals surface area contributed by atoms with Crippen LogP contribution < -0.4 is 5.32 Å². The second-order valence-corrected chi connectivity index (χ2v) is 6.09. The van der Waals surface area contributed by atoms with Gasteiger partial charge in [0.15, 0.2) is 0 Å². The lowest BCUT2D eigenvalue weighted by atomic mass is 9.88. The van der Waals surface area contributed by atoms with E-state index in [1.54, 1.807) is 0 Å². The smallest absolute Gasteiger partial charge is 0.252 e. The summed E-state index contributed by atoms with van der Waals surface area (Å²) in [7, 11) is 0. The van der Waals surface area contributed by atoms with E-state index in [-0.39, 0.29) is 17.4 Å². The van der Waals surface area contributed by atoms with Crippen molar-refractivity contribution in [1.29, 1.82) is 0 Å². The summed E-state index contributed by atoms with van der Waals surface area (Å²) < 4.78 is 0. The minimum Gasteiger partial charge on any atom is -0.349 e. The molecule has 2 aromatic carbocycles. The van der Waals surface area contributed by atoms with Crippen LogP contribution in [-0.4, -0.2) is 11.9 Å². The molecular weight excluding hydrogens is 234 g/mol. The molecule has 0 bridgehead atoms. The van der Waals surface area contributed by atoms with Crippen LogP contribution in [0.1, 0.15) is 38.1 Å². The molecule has 0 spiro atoms. The normalized spacial score (nSPS) is 13.3. The Balaban J connectivity index is 2.32. The molecule has 0 heterocycles. The molecule has 0 aliphatic carbocycles. The highest BCUT2D eigenvalue weighted by Crippen LogP contribution is 2.21. The third-order valence-electron chi connectivity index (χ3n) is 3.68. The second-order valence-electron chi connectivity index (χ2n) is 6.09. The minimum absolute atomic E-state index is 0.000718. The fraction of sp³-hybridized carbons (Fsp3) is 0.353. The summed E-state index contributed by atoms with van der Waals surface area (Å²) in [6, 6.07) is 13.9. The van der Waals surface area contributed by atoms with Gasteiger partial charge in [-0.2, -0.15) is 0 Å². The van der Waals surface area contributed by atoms with Crippen LogP contribution >= 0.6 is 0 Å². The van der Waals surface area contributed by atoms with Gasteiger partial charge in [0.2, 0.25) is 0 Å². The van der Waals surface area contributed by atoms with Gasteiger partial charge < -0.3 is 5.32 Å². The van der Waals surface area contributed by atoms with Crippen molar-refractivity contribution in [1.82, 2.24) is 5.32 Å². The SMILES string of the molecule is CC(NC(=O)c1cccc2ccccc12)C(C)(C)C. The number of benzene rings is 2. The van der Waals surface area contributed by atoms with Crippen molar-refractivity contribution in [3.63, 3.8) is 0 Å². The van der Waals surface area contributed by atoms with Gasteiger partial charge in [0.25, 0.3) is 5.91 Å². The average molecular weight is 255 g/mol. The number of hydrogen-bond donors (Lipinski definition) is 1. The lowest BCUT2D eigenvalue weighted by Crippen LogP contribution is -2.41. The van der Waals surface area contributed by atoms with E-state index in [1.807, 2.05) is 49.4 Å². The molecule has 2 rings (SSSR count). The van der Waals surface area contributed by atoms with Gasteiger partial charge in [-0.15, -0.1) is 0 Å². The summed E-state index contributed by atoms with van der Waals surface area (Å²) in [6.45, 7) is 8.42. The maximum Gasteiger partial charge on any atom is 0.252 e. The highest BCUT2D eigenvalue weighted by molar-refractivity contribution is 6.07. The molecule has 0 radical (unpaired) electrons. The number of carbonyl (C=O) groups is 1. The first kappa shape index (κ1) is 13.6. The van der Waals surface area contributed by atoms with Crippen LogP contribution in [0.15, 0.2) is 42.5 Å². The van der Waals surface area contributed by atoms with Crippen molar-refractivity contribution in [2.45, 2.75) is 33.7 Å². The third-order valence-corrected chi connectivity index (χ3v) is 3.68. The van der Waals surface area contributed by atoms with Crippen LogP contribution in [0.2, 0.25) is 0 Å². The first-order chi connectivity index (χ1) is 8.89. The summed E-state index contributed by atoms with van der Waals surface area (Å²) >= 11 is 0. The molecule has 1 N–H and O–H groups in total. The number of amides is 1. The van der Waals surface area contributed by atoms with E-state index in [0.29, 0.717) is 0 Å². The van der Waals surface area contributed by atoms with Gasteiger partial charge in [-0.05, 0) is 29.2 Å². The Morgan fingerprint density at radius 1 is 1.05 bits per heavy atom. The summed E-state index contributed by atoms with van der Waals surface area (Å²) in [4.78, 5) is 12.4. The lowest BCUT2D eigenvalue weighted by molar-refractivity contribution is 0.0912. The van der Waals surface area contributed by atoms with Gasteiger partial charge in [-0.25, -0.2) is 0 Å². The molecular formula is C17H21NO. The van der Waals surface area contributed by atoms with Crippen LogP contribution in [0.25, 0.3) is 10.8 Å². The minimum atomic E-state index is -0.000718. The standard InChI is InChI=1S/C17H21NO/c1-12(17(2,3)4)18-16(19)15-11-7-9-13-8-5-6-10-14(13)15/h5-12H,1-4H3,(H,18,19). The monoisotopic (exact) mass is 255 g/mol. The Labute approximate surface area is 114 Å². The van der Waals surface area contributed by atoms with E-state index >= 15 is 0 Å². The molecule has 0 aliphatic rings. The van der Waals surface area contributed by atoms with Crippen LogP contribution in [0.3, 0.4) is 0 Å². The molecule has 2 heteroatoms. The fourth-order valence-electron chi connectivity index (χ4n) is 1.91. The van der Waals surface area contributed by atoms with Gasteiger partial charge >= 0.3 is 0 Å². The zero-order valence-corrected chi connectivity index (χ0v) is 12.0. The van der Waals surface area contributed by atoms with E-state index in [0.717, 1.165) is 16.3 Å². The van der Waals surface area contributed by atoms with Gasteiger partial charge in [0.1, 0.15) is 0 Å². The average Bonchev–Trinajstić information content (AvgIpc) is 2.36. The molecule has 0 saturated carbocycles. The highest BCUT2D eigenvalue weighted by Gasteiger charge is 2.22. The molecule has 19 heavy (non-hydrogen) atoms. The molecule has 1 unspecified atom stereocenters. The van der Waals surface area contributed by atoms with Gasteiger partial charge in [0.05, 0.1) is 0 Å². The maximum atomic E-state index is 12.4. The fourth-order valence-corrected chi connectivity index (χ4v) is 1.91. The third kappa shape index (κ3) is 2.95. The summed E-state index contributed by atoms with van der Waals surface area (Å²) in [5.41, 5.74) is 0.800. The predicted molar refractivity (Wildman–Crippen MR) is 80.3 cm³/mol.